The van der Waals surface area contributed by atoms with Crippen LogP contribution in [0.3, 0.4) is 0 Å². The molecule has 40 heavy (non-hydrogen) atoms. The zero-order chi connectivity index (χ0) is 29.6. The third-order valence-corrected chi connectivity index (χ3v) is 6.11. The minimum Gasteiger partial charge on any atom is -0.504 e. The van der Waals surface area contributed by atoms with Crippen molar-refractivity contribution in [3.05, 3.63) is 47.0 Å². The molecule has 1 aliphatic rings. The van der Waals surface area contributed by atoms with Crippen LogP contribution in [0.5, 0.6) is 11.5 Å². The first-order valence-electron chi connectivity index (χ1n) is 11.7. The number of methoxy groups -OCH3 is 1. The molecule has 0 aliphatic carbocycles. The number of aliphatic hydroxyl groups is 1. The van der Waals surface area contributed by atoms with Crippen LogP contribution in [-0.2, 0) is 24.0 Å². The maximum atomic E-state index is 13.7. The van der Waals surface area contributed by atoms with Gasteiger partial charge < -0.3 is 40.4 Å². The molecule has 2 atom stereocenters. The Balaban J connectivity index is 1.98. The number of anilines is 2. The number of aldehydes is 1. The van der Waals surface area contributed by atoms with Crippen molar-refractivity contribution in [3.63, 3.8) is 0 Å². The summed E-state index contributed by atoms with van der Waals surface area (Å²) in [6, 6.07) is 5.39. The molecule has 2 aromatic rings. The molecule has 212 valence electrons. The van der Waals surface area contributed by atoms with Gasteiger partial charge >= 0.3 is 5.97 Å². The summed E-state index contributed by atoms with van der Waals surface area (Å²) >= 11 is 6.06. The second-order valence-corrected chi connectivity index (χ2v) is 8.93. The lowest BCUT2D eigenvalue weighted by molar-refractivity contribution is -0.139. The zero-order valence-electron chi connectivity index (χ0n) is 21.0. The number of aliphatic hydroxyl groups excluding tert-OH is 1. The molecule has 0 saturated heterocycles. The fourth-order valence-electron chi connectivity index (χ4n) is 4.05. The number of nitrogens with one attached hydrogen (secondary N) is 2. The first-order valence-corrected chi connectivity index (χ1v) is 12.0. The Morgan fingerprint density at radius 2 is 1.88 bits per heavy atom. The third kappa shape index (κ3) is 6.65. The summed E-state index contributed by atoms with van der Waals surface area (Å²) in [5.74, 6) is -5.26. The zero-order valence-corrected chi connectivity index (χ0v) is 21.8. The highest BCUT2D eigenvalue weighted by Crippen LogP contribution is 2.36. The van der Waals surface area contributed by atoms with Crippen molar-refractivity contribution in [3.8, 4) is 11.5 Å². The van der Waals surface area contributed by atoms with Gasteiger partial charge in [0.05, 0.1) is 42.5 Å². The van der Waals surface area contributed by atoms with Crippen molar-refractivity contribution < 1.29 is 48.8 Å². The van der Waals surface area contributed by atoms with Crippen LogP contribution < -0.4 is 25.2 Å². The van der Waals surface area contributed by atoms with E-state index in [2.05, 4.69) is 10.6 Å². The summed E-state index contributed by atoms with van der Waals surface area (Å²) in [5, 5.41) is 33.2. The van der Waals surface area contributed by atoms with Gasteiger partial charge in [0, 0.05) is 5.56 Å². The van der Waals surface area contributed by atoms with Crippen LogP contribution in [0.1, 0.15) is 16.8 Å². The normalized spacial score (nSPS) is 15.4. The van der Waals surface area contributed by atoms with Gasteiger partial charge in [0.1, 0.15) is 25.5 Å². The lowest BCUT2D eigenvalue weighted by Gasteiger charge is -2.25. The van der Waals surface area contributed by atoms with Gasteiger partial charge in [-0.3, -0.25) is 28.9 Å². The van der Waals surface area contributed by atoms with Gasteiger partial charge in [-0.1, -0.05) is 23.7 Å². The number of phenols is 1. The molecular weight excluding hydrogens is 552 g/mol. The van der Waals surface area contributed by atoms with E-state index >= 15 is 0 Å². The van der Waals surface area contributed by atoms with E-state index in [9.17, 15) is 39.0 Å². The molecule has 0 aromatic heterocycles. The number of phenolic OH excluding ortho intramolecular Hbond substituents is 1. The van der Waals surface area contributed by atoms with E-state index in [1.165, 1.54) is 31.4 Å². The molecule has 0 fully saturated rings. The third-order valence-electron chi connectivity index (χ3n) is 5.83. The van der Waals surface area contributed by atoms with Crippen molar-refractivity contribution in [2.24, 2.45) is 0 Å². The van der Waals surface area contributed by atoms with Gasteiger partial charge in [-0.2, -0.15) is 0 Å². The predicted molar refractivity (Wildman–Crippen MR) is 139 cm³/mol. The minimum atomic E-state index is -1.47. The number of aromatic hydroxyl groups is 1. The summed E-state index contributed by atoms with van der Waals surface area (Å²) < 4.78 is 4.96. The quantitative estimate of drug-likeness (QED) is 0.233. The molecule has 1 aliphatic heterocycles. The summed E-state index contributed by atoms with van der Waals surface area (Å²) in [7, 11) is 1.26. The van der Waals surface area contributed by atoms with Crippen LogP contribution >= 0.6 is 11.6 Å². The number of hydrogen-bond donors (Lipinski definition) is 5. The van der Waals surface area contributed by atoms with Crippen LogP contribution in [0.4, 0.5) is 11.4 Å². The Kier molecular flexibility index (Phi) is 9.63. The number of para-hydroxylation sites is 2. The van der Waals surface area contributed by atoms with Gasteiger partial charge in [0.15, 0.2) is 11.5 Å². The highest BCUT2D eigenvalue weighted by molar-refractivity contribution is 6.32. The molecular formula is C25H25ClN4O10. The number of nitrogens with zero attached hydrogens (tertiary/aromatic N) is 2. The van der Waals surface area contributed by atoms with E-state index in [1.54, 1.807) is 6.07 Å². The van der Waals surface area contributed by atoms with Crippen LogP contribution in [0.15, 0.2) is 36.4 Å². The average Bonchev–Trinajstić information content (AvgIpc) is 3.02. The molecule has 1 heterocycles. The monoisotopic (exact) mass is 576 g/mol. The van der Waals surface area contributed by atoms with Crippen LogP contribution in [0.2, 0.25) is 5.02 Å². The molecule has 5 N–H and O–H groups in total. The number of amides is 4. The highest BCUT2D eigenvalue weighted by atomic mass is 35.5. The molecule has 0 saturated carbocycles. The van der Waals surface area contributed by atoms with Crippen LogP contribution in [0, 0.1) is 0 Å². The van der Waals surface area contributed by atoms with Gasteiger partial charge in [0.25, 0.3) is 17.7 Å². The number of fused-ring (bicyclic) bond motifs is 1. The molecule has 15 heteroatoms. The number of ether oxygens (including phenoxy) is 1. The number of carboxylic acids is 1. The lowest BCUT2D eigenvalue weighted by Crippen LogP contribution is -2.55. The van der Waals surface area contributed by atoms with Crippen molar-refractivity contribution in [1.29, 1.82) is 0 Å². The molecule has 0 radical (unpaired) electrons. The minimum absolute atomic E-state index is 0.0761. The van der Waals surface area contributed by atoms with Crippen LogP contribution in [0.25, 0.3) is 0 Å². The summed E-state index contributed by atoms with van der Waals surface area (Å²) in [6.45, 7) is -2.07. The maximum Gasteiger partial charge on any atom is 0.305 e. The molecule has 3 rings (SSSR count). The van der Waals surface area contributed by atoms with Gasteiger partial charge in [0.2, 0.25) is 5.91 Å². The smallest absolute Gasteiger partial charge is 0.305 e. The van der Waals surface area contributed by atoms with Gasteiger partial charge in [-0.05, 0) is 24.3 Å². The SMILES string of the molecule is COc1c(O)cc(C(=O)NC2CN(C(=O)CO)c3ccccc3N(CC(=O)NC(C=O)CC(=O)O)C2=O)cc1Cl. The van der Waals surface area contributed by atoms with Crippen molar-refractivity contribution in [1.82, 2.24) is 10.6 Å². The second kappa shape index (κ2) is 12.9. The summed E-state index contributed by atoms with van der Waals surface area (Å²) in [4.78, 5) is 76.4. The highest BCUT2D eigenvalue weighted by Gasteiger charge is 2.38. The Hall–Kier alpha value is -4.69. The summed E-state index contributed by atoms with van der Waals surface area (Å²) in [6.07, 6.45) is -0.446. The Labute approximate surface area is 232 Å². The summed E-state index contributed by atoms with van der Waals surface area (Å²) in [5.41, 5.74) is 0.0685. The number of carboxylic acid groups (broad SMARTS) is 1. The molecule has 0 spiro atoms. The second-order valence-electron chi connectivity index (χ2n) is 8.52. The number of carbonyl (C=O) groups excluding carboxylic acids is 5. The average molecular weight is 577 g/mol. The van der Waals surface area contributed by atoms with Crippen molar-refractivity contribution >= 4 is 58.9 Å². The fourth-order valence-corrected chi connectivity index (χ4v) is 4.34. The standard InChI is InChI=1S/C25H25ClN4O10/c1-40-23-15(26)6-13(7-19(23)33)24(38)28-16-9-29(21(35)12-32)17-4-2-3-5-18(17)30(25(16)39)10-20(34)27-14(11-31)8-22(36)37/h2-7,11,14,16,32-33H,8-10,12H2,1H3,(H,27,34)(H,28,38)(H,36,37). The molecule has 2 unspecified atom stereocenters. The van der Waals surface area contributed by atoms with Crippen LogP contribution in [-0.4, -0.2) is 90.1 Å². The van der Waals surface area contributed by atoms with E-state index < -0.39 is 73.5 Å². The fraction of sp³-hybridized carbons (Fsp3) is 0.280. The predicted octanol–water partition coefficient (Wildman–Crippen LogP) is -0.317. The maximum absolute atomic E-state index is 13.7. The van der Waals surface area contributed by atoms with Gasteiger partial charge in [-0.25, -0.2) is 0 Å². The number of aliphatic carboxylic acids is 1. The van der Waals surface area contributed by atoms with E-state index in [4.69, 9.17) is 21.4 Å². The number of carbonyl (C=O) groups is 6. The van der Waals surface area contributed by atoms with Gasteiger partial charge in [-0.15, -0.1) is 0 Å². The molecule has 2 aromatic carbocycles. The van der Waals surface area contributed by atoms with E-state index in [-0.39, 0.29) is 34.0 Å². The van der Waals surface area contributed by atoms with Crippen molar-refractivity contribution in [2.45, 2.75) is 18.5 Å². The number of rotatable bonds is 10. The first kappa shape index (κ1) is 29.9. The molecule has 0 bridgehead atoms. The lowest BCUT2D eigenvalue weighted by atomic mass is 10.1. The van der Waals surface area contributed by atoms with Crippen molar-refractivity contribution in [2.75, 3.05) is 36.6 Å². The number of benzene rings is 2. The van der Waals surface area contributed by atoms with E-state index in [0.29, 0.717) is 0 Å². The molecule has 14 nitrogen and oxygen atoms in total. The first-order chi connectivity index (χ1) is 19.0. The Morgan fingerprint density at radius 1 is 1.20 bits per heavy atom. The number of halogens is 1. The Morgan fingerprint density at radius 3 is 2.45 bits per heavy atom. The van der Waals surface area contributed by atoms with E-state index in [1.807, 2.05) is 0 Å². The topological polar surface area (TPSA) is 203 Å². The van der Waals surface area contributed by atoms with E-state index in [0.717, 1.165) is 15.9 Å². The number of hydrogen-bond acceptors (Lipinski definition) is 9. The Bertz CT molecular complexity index is 1330. The molecule has 4 amide bonds. The largest absolute Gasteiger partial charge is 0.504 e.